The number of ether oxygens (including phenoxy) is 1. The van der Waals surface area contributed by atoms with E-state index < -0.39 is 0 Å². The molecule has 0 N–H and O–H groups in total. The van der Waals surface area contributed by atoms with Gasteiger partial charge in [0.2, 0.25) is 0 Å². The Bertz CT molecular complexity index is 640. The molecular formula is C13H12BrN3O. The van der Waals surface area contributed by atoms with Gasteiger partial charge in [0.05, 0.1) is 17.3 Å². The van der Waals surface area contributed by atoms with E-state index in [9.17, 15) is 0 Å². The van der Waals surface area contributed by atoms with Crippen LogP contribution in [0.1, 0.15) is 11.3 Å². The third-order valence-corrected chi connectivity index (χ3v) is 3.46. The quantitative estimate of drug-likeness (QED) is 0.857. The van der Waals surface area contributed by atoms with Gasteiger partial charge in [0.15, 0.2) is 5.69 Å². The standard InChI is InChI=1S/C13H12BrN3O/c1-8-4-5-11(18-3)9(6-8)13-12(14)10(7-15)16-17(13)2/h4-6H,1-3H3. The minimum Gasteiger partial charge on any atom is -0.496 e. The molecule has 0 aliphatic carbocycles. The first-order chi connectivity index (χ1) is 8.58. The van der Waals surface area contributed by atoms with E-state index in [1.54, 1.807) is 11.8 Å². The van der Waals surface area contributed by atoms with Crippen molar-refractivity contribution in [2.24, 2.45) is 7.05 Å². The zero-order valence-electron chi connectivity index (χ0n) is 10.4. The van der Waals surface area contributed by atoms with Crippen LogP contribution in [0.15, 0.2) is 22.7 Å². The fourth-order valence-corrected chi connectivity index (χ4v) is 2.51. The SMILES string of the molecule is COc1ccc(C)cc1-c1c(Br)c(C#N)nn1C. The van der Waals surface area contributed by atoms with Crippen molar-refractivity contribution in [1.29, 1.82) is 5.26 Å². The molecular weight excluding hydrogens is 294 g/mol. The maximum Gasteiger partial charge on any atom is 0.177 e. The highest BCUT2D eigenvalue weighted by Crippen LogP contribution is 2.36. The third-order valence-electron chi connectivity index (χ3n) is 2.71. The van der Waals surface area contributed by atoms with Crippen LogP contribution in [0.3, 0.4) is 0 Å². The van der Waals surface area contributed by atoms with Crippen molar-refractivity contribution in [3.05, 3.63) is 33.9 Å². The second-order valence-corrected chi connectivity index (χ2v) is 4.74. The second kappa shape index (κ2) is 4.83. The Hall–Kier alpha value is -1.80. The number of hydrogen-bond acceptors (Lipinski definition) is 3. The lowest BCUT2D eigenvalue weighted by Gasteiger charge is -2.10. The highest BCUT2D eigenvalue weighted by molar-refractivity contribution is 9.10. The van der Waals surface area contributed by atoms with Gasteiger partial charge in [0.1, 0.15) is 11.8 Å². The van der Waals surface area contributed by atoms with Gasteiger partial charge in [-0.05, 0) is 35.0 Å². The molecule has 0 aliphatic heterocycles. The molecule has 2 aromatic rings. The molecule has 5 heteroatoms. The van der Waals surface area contributed by atoms with Gasteiger partial charge in [-0.15, -0.1) is 0 Å². The molecule has 1 aromatic carbocycles. The highest BCUT2D eigenvalue weighted by atomic mass is 79.9. The summed E-state index contributed by atoms with van der Waals surface area (Å²) in [7, 11) is 3.44. The van der Waals surface area contributed by atoms with Crippen molar-refractivity contribution in [3.63, 3.8) is 0 Å². The first-order valence-corrected chi connectivity index (χ1v) is 6.15. The minimum atomic E-state index is 0.371. The fourth-order valence-electron chi connectivity index (χ4n) is 1.87. The number of hydrogen-bond donors (Lipinski definition) is 0. The van der Waals surface area contributed by atoms with Crippen LogP contribution in [-0.2, 0) is 7.05 Å². The first-order valence-electron chi connectivity index (χ1n) is 5.36. The molecule has 1 heterocycles. The van der Waals surface area contributed by atoms with E-state index in [2.05, 4.69) is 27.1 Å². The van der Waals surface area contributed by atoms with E-state index in [4.69, 9.17) is 10.00 Å². The molecule has 0 saturated carbocycles. The summed E-state index contributed by atoms with van der Waals surface area (Å²) in [5.41, 5.74) is 3.25. The zero-order valence-corrected chi connectivity index (χ0v) is 11.9. The van der Waals surface area contributed by atoms with E-state index in [1.807, 2.05) is 32.2 Å². The first kappa shape index (κ1) is 12.7. The van der Waals surface area contributed by atoms with Crippen LogP contribution >= 0.6 is 15.9 Å². The van der Waals surface area contributed by atoms with Crippen LogP contribution in [0.25, 0.3) is 11.3 Å². The lowest BCUT2D eigenvalue weighted by molar-refractivity contribution is 0.416. The van der Waals surface area contributed by atoms with E-state index >= 15 is 0 Å². The van der Waals surface area contributed by atoms with Gasteiger partial charge < -0.3 is 4.74 Å². The molecule has 0 fully saturated rings. The molecule has 0 spiro atoms. The average molecular weight is 306 g/mol. The Morgan fingerprint density at radius 2 is 2.17 bits per heavy atom. The summed E-state index contributed by atoms with van der Waals surface area (Å²) in [5, 5.41) is 13.2. The molecule has 0 aliphatic rings. The van der Waals surface area contributed by atoms with E-state index in [0.717, 1.165) is 22.6 Å². The van der Waals surface area contributed by atoms with Gasteiger partial charge in [0.25, 0.3) is 0 Å². The number of nitrogens with zero attached hydrogens (tertiary/aromatic N) is 3. The molecule has 0 amide bonds. The van der Waals surface area contributed by atoms with Crippen molar-refractivity contribution in [1.82, 2.24) is 9.78 Å². The molecule has 0 unspecified atom stereocenters. The lowest BCUT2D eigenvalue weighted by atomic mass is 10.1. The Labute approximate surface area is 114 Å². The Kier molecular flexibility index (Phi) is 3.39. The summed E-state index contributed by atoms with van der Waals surface area (Å²) < 4.78 is 7.73. The normalized spacial score (nSPS) is 10.2. The van der Waals surface area contributed by atoms with Gasteiger partial charge in [-0.1, -0.05) is 11.6 Å². The maximum absolute atomic E-state index is 9.00. The van der Waals surface area contributed by atoms with Gasteiger partial charge in [-0.25, -0.2) is 0 Å². The Morgan fingerprint density at radius 1 is 1.44 bits per heavy atom. The Balaban J connectivity index is 2.73. The molecule has 1 aromatic heterocycles. The number of benzene rings is 1. The van der Waals surface area contributed by atoms with Crippen LogP contribution in [0, 0.1) is 18.3 Å². The topological polar surface area (TPSA) is 50.8 Å². The number of rotatable bonds is 2. The summed E-state index contributed by atoms with van der Waals surface area (Å²) in [6.07, 6.45) is 0. The molecule has 0 radical (unpaired) electrons. The molecule has 0 saturated heterocycles. The average Bonchev–Trinajstić information content (AvgIpc) is 2.64. The van der Waals surface area contributed by atoms with E-state index in [0.29, 0.717) is 10.2 Å². The van der Waals surface area contributed by atoms with Crippen molar-refractivity contribution in [3.8, 4) is 23.1 Å². The molecule has 0 bridgehead atoms. The molecule has 18 heavy (non-hydrogen) atoms. The van der Waals surface area contributed by atoms with Crippen LogP contribution in [-0.4, -0.2) is 16.9 Å². The van der Waals surface area contributed by atoms with E-state index in [1.165, 1.54) is 0 Å². The molecule has 0 atom stereocenters. The van der Waals surface area contributed by atoms with E-state index in [-0.39, 0.29) is 0 Å². The zero-order chi connectivity index (χ0) is 13.3. The molecule has 2 rings (SSSR count). The van der Waals surface area contributed by atoms with Crippen LogP contribution in [0.2, 0.25) is 0 Å². The van der Waals surface area contributed by atoms with Gasteiger partial charge >= 0.3 is 0 Å². The fraction of sp³-hybridized carbons (Fsp3) is 0.231. The van der Waals surface area contributed by atoms with Gasteiger partial charge in [0, 0.05) is 12.6 Å². The number of aryl methyl sites for hydroxylation is 2. The molecule has 92 valence electrons. The summed E-state index contributed by atoms with van der Waals surface area (Å²) in [6.45, 7) is 2.01. The maximum atomic E-state index is 9.00. The number of nitriles is 1. The predicted molar refractivity (Wildman–Crippen MR) is 72.3 cm³/mol. The van der Waals surface area contributed by atoms with Crippen molar-refractivity contribution in [2.75, 3.05) is 7.11 Å². The minimum absolute atomic E-state index is 0.371. The van der Waals surface area contributed by atoms with Crippen LogP contribution in [0.4, 0.5) is 0 Å². The van der Waals surface area contributed by atoms with Crippen molar-refractivity contribution < 1.29 is 4.74 Å². The lowest BCUT2D eigenvalue weighted by Crippen LogP contribution is -1.97. The van der Waals surface area contributed by atoms with Crippen molar-refractivity contribution >= 4 is 15.9 Å². The highest BCUT2D eigenvalue weighted by Gasteiger charge is 2.18. The van der Waals surface area contributed by atoms with Crippen LogP contribution < -0.4 is 4.74 Å². The number of methoxy groups -OCH3 is 1. The summed E-state index contributed by atoms with van der Waals surface area (Å²) in [6, 6.07) is 7.97. The summed E-state index contributed by atoms with van der Waals surface area (Å²) in [5.74, 6) is 0.758. The smallest absolute Gasteiger partial charge is 0.177 e. The van der Waals surface area contributed by atoms with Gasteiger partial charge in [-0.3, -0.25) is 4.68 Å². The predicted octanol–water partition coefficient (Wildman–Crippen LogP) is 3.04. The largest absolute Gasteiger partial charge is 0.496 e. The number of aromatic nitrogens is 2. The summed E-state index contributed by atoms with van der Waals surface area (Å²) in [4.78, 5) is 0. The molecule has 4 nitrogen and oxygen atoms in total. The van der Waals surface area contributed by atoms with Gasteiger partial charge in [-0.2, -0.15) is 10.4 Å². The van der Waals surface area contributed by atoms with Crippen LogP contribution in [0.5, 0.6) is 5.75 Å². The summed E-state index contributed by atoms with van der Waals surface area (Å²) >= 11 is 3.43. The second-order valence-electron chi connectivity index (χ2n) is 3.95. The monoisotopic (exact) mass is 305 g/mol. The Morgan fingerprint density at radius 3 is 2.72 bits per heavy atom. The number of halogens is 1. The van der Waals surface area contributed by atoms with Crippen molar-refractivity contribution in [2.45, 2.75) is 6.92 Å². The third kappa shape index (κ3) is 2.00.